The van der Waals surface area contributed by atoms with E-state index in [1.165, 1.54) is 5.56 Å². The van der Waals surface area contributed by atoms with E-state index >= 15 is 0 Å². The monoisotopic (exact) mass is 415 g/mol. The third-order valence-corrected chi connectivity index (χ3v) is 5.29. The molecule has 3 heterocycles. The van der Waals surface area contributed by atoms with E-state index in [4.69, 9.17) is 14.6 Å². The second-order valence-electron chi connectivity index (χ2n) is 7.94. The average Bonchev–Trinajstić information content (AvgIpc) is 3.48. The molecule has 158 valence electrons. The Morgan fingerprint density at radius 3 is 2.71 bits per heavy atom. The number of ether oxygens (including phenoxy) is 2. The Morgan fingerprint density at radius 2 is 1.90 bits per heavy atom. The van der Waals surface area contributed by atoms with Gasteiger partial charge in [0.1, 0.15) is 5.82 Å². The summed E-state index contributed by atoms with van der Waals surface area (Å²) in [6.45, 7) is 4.48. The number of aromatic amines is 1. The number of H-pyrrole nitrogens is 1. The highest BCUT2D eigenvalue weighted by Crippen LogP contribution is 2.36. The first-order valence-corrected chi connectivity index (χ1v) is 10.3. The molecule has 2 aromatic heterocycles. The zero-order valence-electron chi connectivity index (χ0n) is 17.7. The minimum Gasteiger partial charge on any atom is -0.454 e. The second kappa shape index (κ2) is 8.28. The SMILES string of the molecule is Cc1cnc(CN(C)Cc2cn(Cc3ccccc3)nc2-c2ccc3c(c2)OCO3)[nH]1. The quantitative estimate of drug-likeness (QED) is 0.494. The van der Waals surface area contributed by atoms with Gasteiger partial charge in [0.2, 0.25) is 6.79 Å². The smallest absolute Gasteiger partial charge is 0.231 e. The molecule has 0 spiro atoms. The first-order chi connectivity index (χ1) is 15.1. The fourth-order valence-corrected chi connectivity index (χ4v) is 3.87. The molecule has 0 aliphatic carbocycles. The standard InChI is InChI=1S/C24H25N5O2/c1-17-11-25-23(26-17)15-28(2)13-20-14-29(12-18-6-4-3-5-7-18)27-24(20)19-8-9-21-22(10-19)31-16-30-21/h3-11,14H,12-13,15-16H2,1-2H3,(H,25,26). The van der Waals surface area contributed by atoms with Crippen molar-refractivity contribution in [1.82, 2.24) is 24.6 Å². The highest BCUT2D eigenvalue weighted by molar-refractivity contribution is 5.67. The Balaban J connectivity index is 1.44. The van der Waals surface area contributed by atoms with Gasteiger partial charge in [-0.25, -0.2) is 4.98 Å². The maximum atomic E-state index is 5.59. The molecular formula is C24H25N5O2. The highest BCUT2D eigenvalue weighted by Gasteiger charge is 2.19. The van der Waals surface area contributed by atoms with Crippen molar-refractivity contribution in [1.29, 1.82) is 0 Å². The zero-order chi connectivity index (χ0) is 21.2. The van der Waals surface area contributed by atoms with Crippen molar-refractivity contribution in [3.05, 3.63) is 83.6 Å². The molecule has 1 aliphatic rings. The van der Waals surface area contributed by atoms with Gasteiger partial charge in [-0.05, 0) is 37.7 Å². The molecule has 5 rings (SSSR count). The van der Waals surface area contributed by atoms with E-state index in [1.54, 1.807) is 0 Å². The van der Waals surface area contributed by atoms with Crippen molar-refractivity contribution in [2.75, 3.05) is 13.8 Å². The lowest BCUT2D eigenvalue weighted by Crippen LogP contribution is -2.18. The van der Waals surface area contributed by atoms with E-state index in [2.05, 4.69) is 52.4 Å². The summed E-state index contributed by atoms with van der Waals surface area (Å²) in [6.07, 6.45) is 4.00. The molecule has 4 aromatic rings. The first-order valence-electron chi connectivity index (χ1n) is 10.3. The van der Waals surface area contributed by atoms with Crippen LogP contribution in [0.5, 0.6) is 11.5 Å². The topological polar surface area (TPSA) is 68.2 Å². The number of fused-ring (bicyclic) bond motifs is 1. The summed E-state index contributed by atoms with van der Waals surface area (Å²) in [4.78, 5) is 9.97. The Labute approximate surface area is 181 Å². The van der Waals surface area contributed by atoms with E-state index in [0.717, 1.165) is 59.5 Å². The minimum absolute atomic E-state index is 0.263. The predicted octanol–water partition coefficient (Wildman–Crippen LogP) is 3.99. The Kier molecular flexibility index (Phi) is 5.18. The van der Waals surface area contributed by atoms with Gasteiger partial charge in [0.15, 0.2) is 11.5 Å². The largest absolute Gasteiger partial charge is 0.454 e. The minimum atomic E-state index is 0.263. The van der Waals surface area contributed by atoms with Crippen LogP contribution in [0.4, 0.5) is 0 Å². The fraction of sp³-hybridized carbons (Fsp3) is 0.250. The number of benzene rings is 2. The molecule has 7 nitrogen and oxygen atoms in total. The van der Waals surface area contributed by atoms with E-state index in [9.17, 15) is 0 Å². The lowest BCUT2D eigenvalue weighted by molar-refractivity contribution is 0.174. The van der Waals surface area contributed by atoms with Crippen LogP contribution in [0.25, 0.3) is 11.3 Å². The van der Waals surface area contributed by atoms with E-state index in [-0.39, 0.29) is 6.79 Å². The average molecular weight is 415 g/mol. The number of hydrogen-bond acceptors (Lipinski definition) is 5. The highest BCUT2D eigenvalue weighted by atomic mass is 16.7. The first kappa shape index (κ1) is 19.4. The van der Waals surface area contributed by atoms with Gasteiger partial charge < -0.3 is 14.5 Å². The summed E-state index contributed by atoms with van der Waals surface area (Å²) in [5.41, 5.74) is 5.42. The second-order valence-corrected chi connectivity index (χ2v) is 7.94. The van der Waals surface area contributed by atoms with Crippen molar-refractivity contribution in [3.8, 4) is 22.8 Å². The summed E-state index contributed by atoms with van der Waals surface area (Å²) in [5.74, 6) is 2.50. The van der Waals surface area contributed by atoms with Crippen LogP contribution in [0, 0.1) is 6.92 Å². The van der Waals surface area contributed by atoms with E-state index in [1.807, 2.05) is 42.1 Å². The summed E-state index contributed by atoms with van der Waals surface area (Å²) in [7, 11) is 2.09. The molecule has 0 saturated carbocycles. The van der Waals surface area contributed by atoms with E-state index < -0.39 is 0 Å². The van der Waals surface area contributed by atoms with Crippen molar-refractivity contribution in [2.24, 2.45) is 0 Å². The summed E-state index contributed by atoms with van der Waals surface area (Å²) in [6, 6.07) is 16.4. The molecule has 1 aliphatic heterocycles. The van der Waals surface area contributed by atoms with Crippen LogP contribution in [0.15, 0.2) is 60.9 Å². The normalized spacial score (nSPS) is 12.6. The summed E-state index contributed by atoms with van der Waals surface area (Å²) >= 11 is 0. The maximum absolute atomic E-state index is 5.59. The fourth-order valence-electron chi connectivity index (χ4n) is 3.87. The zero-order valence-corrected chi connectivity index (χ0v) is 17.7. The van der Waals surface area contributed by atoms with Gasteiger partial charge in [0.25, 0.3) is 0 Å². The van der Waals surface area contributed by atoms with Crippen molar-refractivity contribution in [2.45, 2.75) is 26.6 Å². The molecule has 0 atom stereocenters. The molecule has 2 aromatic carbocycles. The van der Waals surface area contributed by atoms with Gasteiger partial charge in [0, 0.05) is 35.8 Å². The predicted molar refractivity (Wildman–Crippen MR) is 118 cm³/mol. The molecular weight excluding hydrogens is 390 g/mol. The van der Waals surface area contributed by atoms with Crippen molar-refractivity contribution < 1.29 is 9.47 Å². The van der Waals surface area contributed by atoms with Gasteiger partial charge in [-0.3, -0.25) is 9.58 Å². The number of hydrogen-bond donors (Lipinski definition) is 1. The van der Waals surface area contributed by atoms with Crippen LogP contribution in [0.1, 0.15) is 22.6 Å². The lowest BCUT2D eigenvalue weighted by Gasteiger charge is -2.15. The summed E-state index contributed by atoms with van der Waals surface area (Å²) in [5, 5.41) is 4.94. The van der Waals surface area contributed by atoms with Gasteiger partial charge in [0.05, 0.1) is 18.8 Å². The van der Waals surface area contributed by atoms with Crippen LogP contribution < -0.4 is 9.47 Å². The van der Waals surface area contributed by atoms with Gasteiger partial charge in [-0.15, -0.1) is 0 Å². The van der Waals surface area contributed by atoms with Crippen LogP contribution >= 0.6 is 0 Å². The van der Waals surface area contributed by atoms with Gasteiger partial charge >= 0.3 is 0 Å². The number of aryl methyl sites for hydroxylation is 1. The van der Waals surface area contributed by atoms with Crippen LogP contribution in [0.2, 0.25) is 0 Å². The number of rotatable bonds is 7. The van der Waals surface area contributed by atoms with Crippen LogP contribution in [0.3, 0.4) is 0 Å². The number of nitrogens with zero attached hydrogens (tertiary/aromatic N) is 4. The number of nitrogens with one attached hydrogen (secondary N) is 1. The molecule has 0 fully saturated rings. The number of aromatic nitrogens is 4. The van der Waals surface area contributed by atoms with Crippen molar-refractivity contribution >= 4 is 0 Å². The van der Waals surface area contributed by atoms with Crippen LogP contribution in [-0.4, -0.2) is 38.5 Å². The van der Waals surface area contributed by atoms with Gasteiger partial charge in [-0.1, -0.05) is 30.3 Å². The Hall–Kier alpha value is -3.58. The Bertz CT molecular complexity index is 1180. The number of imidazole rings is 1. The maximum Gasteiger partial charge on any atom is 0.231 e. The van der Waals surface area contributed by atoms with E-state index in [0.29, 0.717) is 0 Å². The molecule has 0 unspecified atom stereocenters. The van der Waals surface area contributed by atoms with Gasteiger partial charge in [-0.2, -0.15) is 5.10 Å². The lowest BCUT2D eigenvalue weighted by atomic mass is 10.1. The Morgan fingerprint density at radius 1 is 1.06 bits per heavy atom. The molecule has 0 amide bonds. The van der Waals surface area contributed by atoms with Crippen LogP contribution in [-0.2, 0) is 19.6 Å². The molecule has 1 N–H and O–H groups in total. The molecule has 0 radical (unpaired) electrons. The molecule has 0 saturated heterocycles. The summed E-state index contributed by atoms with van der Waals surface area (Å²) < 4.78 is 13.1. The molecule has 0 bridgehead atoms. The van der Waals surface area contributed by atoms with Crippen molar-refractivity contribution in [3.63, 3.8) is 0 Å². The third kappa shape index (κ3) is 4.32. The molecule has 31 heavy (non-hydrogen) atoms. The molecule has 7 heteroatoms. The third-order valence-electron chi connectivity index (χ3n) is 5.29.